The number of amides is 2. The summed E-state index contributed by atoms with van der Waals surface area (Å²) in [6, 6.07) is -0.0108. The lowest BCUT2D eigenvalue weighted by atomic mass is 9.78. The molecule has 1 aliphatic heterocycles. The second kappa shape index (κ2) is 6.04. The van der Waals surface area contributed by atoms with Gasteiger partial charge in [-0.05, 0) is 19.3 Å². The SMILES string of the molecule is O=C1CCC(CNC(=O)C2CCCCC2C(=O)O)N1. The minimum atomic E-state index is -0.881. The van der Waals surface area contributed by atoms with Crippen LogP contribution in [0.1, 0.15) is 38.5 Å². The first-order valence-electron chi connectivity index (χ1n) is 6.88. The van der Waals surface area contributed by atoms with Crippen LogP contribution in [0.5, 0.6) is 0 Å². The molecule has 19 heavy (non-hydrogen) atoms. The number of rotatable bonds is 4. The topological polar surface area (TPSA) is 95.5 Å². The van der Waals surface area contributed by atoms with Gasteiger partial charge in [0, 0.05) is 19.0 Å². The van der Waals surface area contributed by atoms with Crippen molar-refractivity contribution in [2.45, 2.75) is 44.6 Å². The quantitative estimate of drug-likeness (QED) is 0.682. The Balaban J connectivity index is 1.84. The Hall–Kier alpha value is -1.59. The summed E-state index contributed by atoms with van der Waals surface area (Å²) >= 11 is 0. The number of carbonyl (C=O) groups excluding carboxylic acids is 2. The van der Waals surface area contributed by atoms with Crippen LogP contribution in [-0.4, -0.2) is 35.5 Å². The second-order valence-corrected chi connectivity index (χ2v) is 5.38. The lowest BCUT2D eigenvalue weighted by molar-refractivity contribution is -0.148. The second-order valence-electron chi connectivity index (χ2n) is 5.38. The lowest BCUT2D eigenvalue weighted by Crippen LogP contribution is -2.44. The smallest absolute Gasteiger partial charge is 0.307 e. The van der Waals surface area contributed by atoms with E-state index < -0.39 is 17.8 Å². The number of carboxylic acids is 1. The van der Waals surface area contributed by atoms with E-state index in [1.165, 1.54) is 0 Å². The third-order valence-corrected chi connectivity index (χ3v) is 4.03. The summed E-state index contributed by atoms with van der Waals surface area (Å²) in [5.41, 5.74) is 0. The van der Waals surface area contributed by atoms with Gasteiger partial charge in [0.1, 0.15) is 0 Å². The first kappa shape index (κ1) is 13.8. The van der Waals surface area contributed by atoms with Crippen molar-refractivity contribution in [2.75, 3.05) is 6.54 Å². The zero-order chi connectivity index (χ0) is 13.8. The van der Waals surface area contributed by atoms with Gasteiger partial charge in [-0.15, -0.1) is 0 Å². The Kier molecular flexibility index (Phi) is 4.39. The van der Waals surface area contributed by atoms with Crippen LogP contribution in [-0.2, 0) is 14.4 Å². The average molecular weight is 268 g/mol. The molecule has 1 saturated carbocycles. The fourth-order valence-electron chi connectivity index (χ4n) is 2.93. The van der Waals surface area contributed by atoms with Gasteiger partial charge in [0.2, 0.25) is 11.8 Å². The molecule has 0 aromatic carbocycles. The van der Waals surface area contributed by atoms with Crippen LogP contribution in [0, 0.1) is 11.8 Å². The largest absolute Gasteiger partial charge is 0.481 e. The van der Waals surface area contributed by atoms with Gasteiger partial charge in [0.25, 0.3) is 0 Å². The van der Waals surface area contributed by atoms with E-state index in [4.69, 9.17) is 5.11 Å². The Morgan fingerprint density at radius 2 is 1.89 bits per heavy atom. The zero-order valence-corrected chi connectivity index (χ0v) is 10.9. The minimum Gasteiger partial charge on any atom is -0.481 e. The highest BCUT2D eigenvalue weighted by molar-refractivity contribution is 5.85. The molecule has 2 rings (SSSR count). The van der Waals surface area contributed by atoms with Gasteiger partial charge in [-0.3, -0.25) is 14.4 Å². The van der Waals surface area contributed by atoms with Crippen molar-refractivity contribution in [3.8, 4) is 0 Å². The Bertz CT molecular complexity index is 383. The molecule has 1 aliphatic carbocycles. The maximum atomic E-state index is 12.1. The lowest BCUT2D eigenvalue weighted by Gasteiger charge is -2.27. The van der Waals surface area contributed by atoms with Crippen molar-refractivity contribution in [2.24, 2.45) is 11.8 Å². The van der Waals surface area contributed by atoms with Crippen molar-refractivity contribution in [1.29, 1.82) is 0 Å². The summed E-state index contributed by atoms with van der Waals surface area (Å²) in [6.07, 6.45) is 4.22. The molecule has 3 unspecified atom stereocenters. The van der Waals surface area contributed by atoms with Gasteiger partial charge in [0.15, 0.2) is 0 Å². The van der Waals surface area contributed by atoms with Crippen molar-refractivity contribution in [3.05, 3.63) is 0 Å². The summed E-state index contributed by atoms with van der Waals surface area (Å²) < 4.78 is 0. The number of carbonyl (C=O) groups is 3. The van der Waals surface area contributed by atoms with Crippen molar-refractivity contribution < 1.29 is 19.5 Å². The van der Waals surface area contributed by atoms with Crippen LogP contribution in [0.2, 0.25) is 0 Å². The molecule has 6 nitrogen and oxygen atoms in total. The van der Waals surface area contributed by atoms with Crippen LogP contribution in [0.3, 0.4) is 0 Å². The molecule has 3 N–H and O–H groups in total. The molecule has 0 spiro atoms. The molecule has 2 aliphatic rings. The maximum Gasteiger partial charge on any atom is 0.307 e. The molecule has 2 amide bonds. The van der Waals surface area contributed by atoms with Crippen molar-refractivity contribution in [1.82, 2.24) is 10.6 Å². The zero-order valence-electron chi connectivity index (χ0n) is 10.9. The first-order chi connectivity index (χ1) is 9.08. The average Bonchev–Trinajstić information content (AvgIpc) is 2.81. The molecular formula is C13H20N2O4. The number of nitrogens with one attached hydrogen (secondary N) is 2. The van der Waals surface area contributed by atoms with E-state index in [1.807, 2.05) is 0 Å². The van der Waals surface area contributed by atoms with E-state index in [0.29, 0.717) is 25.8 Å². The van der Waals surface area contributed by atoms with Crippen LogP contribution in [0.25, 0.3) is 0 Å². The van der Waals surface area contributed by atoms with E-state index in [1.54, 1.807) is 0 Å². The Morgan fingerprint density at radius 1 is 1.21 bits per heavy atom. The summed E-state index contributed by atoms with van der Waals surface area (Å²) in [5, 5.41) is 14.7. The Morgan fingerprint density at radius 3 is 2.47 bits per heavy atom. The fourth-order valence-corrected chi connectivity index (χ4v) is 2.93. The third-order valence-electron chi connectivity index (χ3n) is 4.03. The predicted molar refractivity (Wildman–Crippen MR) is 67.3 cm³/mol. The standard InChI is InChI=1S/C13H20N2O4/c16-11-6-5-8(15-11)7-14-12(17)9-3-1-2-4-10(9)13(18)19/h8-10H,1-7H2,(H,14,17)(H,15,16)(H,18,19). The van der Waals surface area contributed by atoms with E-state index in [-0.39, 0.29) is 17.9 Å². The van der Waals surface area contributed by atoms with Gasteiger partial charge < -0.3 is 15.7 Å². The van der Waals surface area contributed by atoms with Crippen molar-refractivity contribution in [3.63, 3.8) is 0 Å². The fraction of sp³-hybridized carbons (Fsp3) is 0.769. The van der Waals surface area contributed by atoms with E-state index in [9.17, 15) is 14.4 Å². The van der Waals surface area contributed by atoms with Crippen molar-refractivity contribution >= 4 is 17.8 Å². The summed E-state index contributed by atoms with van der Waals surface area (Å²) in [7, 11) is 0. The highest BCUT2D eigenvalue weighted by atomic mass is 16.4. The van der Waals surface area contributed by atoms with Crippen LogP contribution in [0.4, 0.5) is 0 Å². The van der Waals surface area contributed by atoms with Gasteiger partial charge in [-0.1, -0.05) is 12.8 Å². The monoisotopic (exact) mass is 268 g/mol. The molecular weight excluding hydrogens is 248 g/mol. The highest BCUT2D eigenvalue weighted by Crippen LogP contribution is 2.30. The van der Waals surface area contributed by atoms with Gasteiger partial charge in [-0.2, -0.15) is 0 Å². The number of hydrogen-bond donors (Lipinski definition) is 3. The predicted octanol–water partition coefficient (Wildman–Crippen LogP) is 0.272. The molecule has 106 valence electrons. The molecule has 1 saturated heterocycles. The molecule has 0 aromatic rings. The minimum absolute atomic E-state index is 0.0108. The van der Waals surface area contributed by atoms with E-state index >= 15 is 0 Å². The van der Waals surface area contributed by atoms with E-state index in [0.717, 1.165) is 19.3 Å². The number of aliphatic carboxylic acids is 1. The van der Waals surface area contributed by atoms with Crippen LogP contribution >= 0.6 is 0 Å². The molecule has 6 heteroatoms. The molecule has 3 atom stereocenters. The number of carboxylic acid groups (broad SMARTS) is 1. The molecule has 0 bridgehead atoms. The van der Waals surface area contributed by atoms with Gasteiger partial charge in [-0.25, -0.2) is 0 Å². The van der Waals surface area contributed by atoms with Crippen LogP contribution in [0.15, 0.2) is 0 Å². The first-order valence-corrected chi connectivity index (χ1v) is 6.88. The normalized spacial score (nSPS) is 30.7. The van der Waals surface area contributed by atoms with Gasteiger partial charge >= 0.3 is 5.97 Å². The van der Waals surface area contributed by atoms with Crippen LogP contribution < -0.4 is 10.6 Å². The highest BCUT2D eigenvalue weighted by Gasteiger charge is 2.35. The summed E-state index contributed by atoms with van der Waals surface area (Å²) in [5.74, 6) is -2.04. The molecule has 0 radical (unpaired) electrons. The maximum absolute atomic E-state index is 12.1. The summed E-state index contributed by atoms with van der Waals surface area (Å²) in [4.78, 5) is 34.2. The number of hydrogen-bond acceptors (Lipinski definition) is 3. The molecule has 2 fully saturated rings. The molecule has 1 heterocycles. The van der Waals surface area contributed by atoms with Gasteiger partial charge in [0.05, 0.1) is 11.8 Å². The third kappa shape index (κ3) is 3.45. The van der Waals surface area contributed by atoms with E-state index in [2.05, 4.69) is 10.6 Å². The Labute approximate surface area is 111 Å². The summed E-state index contributed by atoms with van der Waals surface area (Å²) in [6.45, 7) is 0.396. The molecule has 0 aromatic heterocycles.